The lowest BCUT2D eigenvalue weighted by molar-refractivity contribution is -0.142. The highest BCUT2D eigenvalue weighted by Crippen LogP contribution is 2.16. The van der Waals surface area contributed by atoms with Crippen LogP contribution in [0.4, 0.5) is 4.39 Å². The Morgan fingerprint density at radius 3 is 2.69 bits per heavy atom. The average Bonchev–Trinajstić information content (AvgIpc) is 2.14. The molecule has 3 nitrogen and oxygen atoms in total. The van der Waals surface area contributed by atoms with Crippen LogP contribution in [-0.2, 0) is 11.3 Å². The van der Waals surface area contributed by atoms with E-state index in [1.54, 1.807) is 24.9 Å². The Labute approximate surface area is 98.4 Å². The second kappa shape index (κ2) is 5.27. The number of carboxylic acid groups (broad SMARTS) is 1. The van der Waals surface area contributed by atoms with E-state index in [2.05, 4.69) is 0 Å². The Hall–Kier alpha value is -1.13. The topological polar surface area (TPSA) is 40.5 Å². The third-order valence-corrected chi connectivity index (χ3v) is 2.59. The smallest absolute Gasteiger partial charge is 0.320 e. The Morgan fingerprint density at radius 1 is 1.56 bits per heavy atom. The van der Waals surface area contributed by atoms with Gasteiger partial charge in [-0.05, 0) is 37.7 Å². The van der Waals surface area contributed by atoms with Crippen LogP contribution < -0.4 is 0 Å². The van der Waals surface area contributed by atoms with E-state index in [4.69, 9.17) is 16.7 Å². The number of carboxylic acids is 1. The van der Waals surface area contributed by atoms with Gasteiger partial charge in [-0.3, -0.25) is 9.69 Å². The molecule has 1 rings (SSSR count). The molecule has 0 fully saturated rings. The number of hydrogen-bond donors (Lipinski definition) is 1. The average molecular weight is 246 g/mol. The molecule has 1 unspecified atom stereocenters. The van der Waals surface area contributed by atoms with Crippen LogP contribution >= 0.6 is 11.6 Å². The van der Waals surface area contributed by atoms with Crippen LogP contribution in [0.3, 0.4) is 0 Å². The Kier molecular flexibility index (Phi) is 4.26. The van der Waals surface area contributed by atoms with Gasteiger partial charge in [0.25, 0.3) is 0 Å². The highest BCUT2D eigenvalue weighted by Gasteiger charge is 2.16. The van der Waals surface area contributed by atoms with E-state index in [-0.39, 0.29) is 0 Å². The summed E-state index contributed by atoms with van der Waals surface area (Å²) >= 11 is 5.70. The molecule has 0 aliphatic rings. The van der Waals surface area contributed by atoms with Crippen LogP contribution in [0, 0.1) is 5.82 Å². The molecule has 0 aliphatic carbocycles. The molecular weight excluding hydrogens is 233 g/mol. The number of nitrogens with zero attached hydrogens (tertiary/aromatic N) is 1. The van der Waals surface area contributed by atoms with Gasteiger partial charge in [-0.2, -0.15) is 0 Å². The first kappa shape index (κ1) is 12.9. The maximum atomic E-state index is 13.0. The third-order valence-electron chi connectivity index (χ3n) is 2.37. The van der Waals surface area contributed by atoms with E-state index in [9.17, 15) is 9.18 Å². The maximum Gasteiger partial charge on any atom is 0.320 e. The molecule has 0 saturated heterocycles. The van der Waals surface area contributed by atoms with E-state index in [1.165, 1.54) is 12.1 Å². The van der Waals surface area contributed by atoms with Crippen molar-refractivity contribution in [2.45, 2.75) is 19.5 Å². The molecule has 0 radical (unpaired) electrons. The maximum absolute atomic E-state index is 13.0. The normalized spacial score (nSPS) is 12.8. The van der Waals surface area contributed by atoms with Gasteiger partial charge in [0.2, 0.25) is 0 Å². The molecule has 0 bridgehead atoms. The summed E-state index contributed by atoms with van der Waals surface area (Å²) in [5.74, 6) is -1.33. The fourth-order valence-electron chi connectivity index (χ4n) is 1.32. The van der Waals surface area contributed by atoms with E-state index in [1.807, 2.05) is 0 Å². The largest absolute Gasteiger partial charge is 0.480 e. The summed E-state index contributed by atoms with van der Waals surface area (Å²) in [5.41, 5.74) is 0.653. The quantitative estimate of drug-likeness (QED) is 0.886. The zero-order valence-electron chi connectivity index (χ0n) is 9.08. The summed E-state index contributed by atoms with van der Waals surface area (Å²) in [6.45, 7) is 1.91. The molecule has 16 heavy (non-hydrogen) atoms. The fourth-order valence-corrected chi connectivity index (χ4v) is 1.56. The molecule has 0 saturated carbocycles. The lowest BCUT2D eigenvalue weighted by atomic mass is 10.2. The summed E-state index contributed by atoms with van der Waals surface area (Å²) in [5, 5.41) is 9.11. The van der Waals surface area contributed by atoms with Crippen LogP contribution in [0.5, 0.6) is 0 Å². The predicted octanol–water partition coefficient (Wildman–Crippen LogP) is 2.38. The number of aliphatic carboxylic acids is 1. The minimum absolute atomic E-state index is 0.311. The highest BCUT2D eigenvalue weighted by molar-refractivity contribution is 6.30. The van der Waals surface area contributed by atoms with Crippen LogP contribution in [0.15, 0.2) is 18.2 Å². The first-order chi connectivity index (χ1) is 7.40. The van der Waals surface area contributed by atoms with Crippen molar-refractivity contribution in [3.8, 4) is 0 Å². The number of rotatable bonds is 4. The lowest BCUT2D eigenvalue weighted by Crippen LogP contribution is -2.35. The molecule has 5 heteroatoms. The van der Waals surface area contributed by atoms with Crippen molar-refractivity contribution in [1.82, 2.24) is 4.90 Å². The molecule has 1 aromatic rings. The molecule has 0 aromatic heterocycles. The molecule has 0 amide bonds. The summed E-state index contributed by atoms with van der Waals surface area (Å²) < 4.78 is 13.0. The third kappa shape index (κ3) is 3.47. The van der Waals surface area contributed by atoms with Gasteiger partial charge in [0, 0.05) is 11.6 Å². The molecule has 1 atom stereocenters. The predicted molar refractivity (Wildman–Crippen MR) is 60.0 cm³/mol. The molecule has 0 spiro atoms. The zero-order chi connectivity index (χ0) is 12.3. The van der Waals surface area contributed by atoms with Crippen molar-refractivity contribution < 1.29 is 14.3 Å². The van der Waals surface area contributed by atoms with Crippen LogP contribution in [0.2, 0.25) is 5.02 Å². The van der Waals surface area contributed by atoms with Gasteiger partial charge in [0.05, 0.1) is 0 Å². The van der Waals surface area contributed by atoms with Gasteiger partial charge in [-0.15, -0.1) is 0 Å². The SMILES string of the molecule is CC(C(=O)O)N(C)Cc1cc(F)cc(Cl)c1. The van der Waals surface area contributed by atoms with Crippen LogP contribution in [0.1, 0.15) is 12.5 Å². The van der Waals surface area contributed by atoms with Gasteiger partial charge in [-0.1, -0.05) is 11.6 Å². The Balaban J connectivity index is 2.76. The molecule has 1 N–H and O–H groups in total. The molecule has 0 heterocycles. The van der Waals surface area contributed by atoms with Crippen molar-refractivity contribution in [3.63, 3.8) is 0 Å². The van der Waals surface area contributed by atoms with E-state index in [0.29, 0.717) is 17.1 Å². The second-order valence-electron chi connectivity index (χ2n) is 3.71. The minimum atomic E-state index is -0.912. The van der Waals surface area contributed by atoms with E-state index >= 15 is 0 Å². The number of carbonyl (C=O) groups is 1. The molecule has 1 aromatic carbocycles. The molecule has 0 aliphatic heterocycles. The van der Waals surface area contributed by atoms with Crippen molar-refractivity contribution >= 4 is 17.6 Å². The summed E-state index contributed by atoms with van der Waals surface area (Å²) in [6.07, 6.45) is 0. The molecular formula is C11H13ClFNO2. The van der Waals surface area contributed by atoms with E-state index in [0.717, 1.165) is 0 Å². The Morgan fingerprint density at radius 2 is 2.19 bits per heavy atom. The zero-order valence-corrected chi connectivity index (χ0v) is 9.83. The standard InChI is InChI=1S/C11H13ClFNO2/c1-7(11(15)16)14(2)6-8-3-9(12)5-10(13)4-8/h3-5,7H,6H2,1-2H3,(H,15,16). The minimum Gasteiger partial charge on any atom is -0.480 e. The Bertz CT molecular complexity index is 377. The number of halogens is 2. The van der Waals surface area contributed by atoms with Crippen LogP contribution in [0.25, 0.3) is 0 Å². The van der Waals surface area contributed by atoms with Crippen LogP contribution in [-0.4, -0.2) is 29.1 Å². The highest BCUT2D eigenvalue weighted by atomic mass is 35.5. The summed E-state index contributed by atoms with van der Waals surface area (Å²) in [6, 6.07) is 3.56. The van der Waals surface area contributed by atoms with Gasteiger partial charge in [0.1, 0.15) is 11.9 Å². The summed E-state index contributed by atoms with van der Waals surface area (Å²) in [4.78, 5) is 12.3. The number of hydrogen-bond acceptors (Lipinski definition) is 2. The second-order valence-corrected chi connectivity index (χ2v) is 4.14. The van der Waals surface area contributed by atoms with Gasteiger partial charge >= 0.3 is 5.97 Å². The summed E-state index contributed by atoms with van der Waals surface area (Å²) in [7, 11) is 1.66. The number of likely N-dealkylation sites (N-methyl/N-ethyl adjacent to an activating group) is 1. The number of benzene rings is 1. The van der Waals surface area contributed by atoms with E-state index < -0.39 is 17.8 Å². The first-order valence-corrected chi connectivity index (χ1v) is 5.16. The van der Waals surface area contributed by atoms with Gasteiger partial charge in [0.15, 0.2) is 0 Å². The first-order valence-electron chi connectivity index (χ1n) is 4.78. The van der Waals surface area contributed by atoms with Crippen molar-refractivity contribution in [1.29, 1.82) is 0 Å². The van der Waals surface area contributed by atoms with Crippen molar-refractivity contribution in [2.75, 3.05) is 7.05 Å². The van der Waals surface area contributed by atoms with Gasteiger partial charge in [-0.25, -0.2) is 4.39 Å². The monoisotopic (exact) mass is 245 g/mol. The van der Waals surface area contributed by atoms with Crippen molar-refractivity contribution in [3.05, 3.63) is 34.6 Å². The van der Waals surface area contributed by atoms with Crippen molar-refractivity contribution in [2.24, 2.45) is 0 Å². The lowest BCUT2D eigenvalue weighted by Gasteiger charge is -2.21. The fraction of sp³-hybridized carbons (Fsp3) is 0.364. The van der Waals surface area contributed by atoms with Gasteiger partial charge < -0.3 is 5.11 Å². The molecule has 88 valence electrons.